The van der Waals surface area contributed by atoms with Crippen molar-refractivity contribution in [1.82, 2.24) is 0 Å². The van der Waals surface area contributed by atoms with Crippen LogP contribution in [0.15, 0.2) is 36.4 Å². The molecule has 4 nitrogen and oxygen atoms in total. The lowest BCUT2D eigenvalue weighted by Gasteiger charge is -2.40. The molecule has 0 bridgehead atoms. The molecule has 0 aromatic heterocycles. The van der Waals surface area contributed by atoms with Crippen molar-refractivity contribution in [2.24, 2.45) is 11.8 Å². The number of esters is 1. The topological polar surface area (TPSA) is 44.8 Å². The molecule has 1 aliphatic carbocycles. The van der Waals surface area contributed by atoms with E-state index in [-0.39, 0.29) is 46.2 Å². The van der Waals surface area contributed by atoms with Gasteiger partial charge in [-0.2, -0.15) is 13.2 Å². The zero-order chi connectivity index (χ0) is 30.3. The molecule has 0 unspecified atom stereocenters. The second kappa shape index (κ2) is 11.7. The highest BCUT2D eigenvalue weighted by Crippen LogP contribution is 2.47. The molecule has 1 aromatic carbocycles. The lowest BCUT2D eigenvalue weighted by Crippen LogP contribution is -2.45. The van der Waals surface area contributed by atoms with Crippen LogP contribution < -0.4 is 0 Å². The molecular formula is C31H49F3O4Si2. The van der Waals surface area contributed by atoms with E-state index in [0.717, 1.165) is 6.07 Å². The molecule has 226 valence electrons. The number of hydrogen-bond donors (Lipinski definition) is 0. The number of aryl methyl sites for hydroxylation is 1. The third-order valence-electron chi connectivity index (χ3n) is 9.58. The molecule has 1 aromatic rings. The fourth-order valence-electron chi connectivity index (χ4n) is 5.06. The number of carbonyl (C=O) groups excluding carboxylic acids is 1. The van der Waals surface area contributed by atoms with Crippen LogP contribution in [0.5, 0.6) is 0 Å². The van der Waals surface area contributed by atoms with E-state index in [9.17, 15) is 18.0 Å². The summed E-state index contributed by atoms with van der Waals surface area (Å²) in [6.45, 7) is 22.1. The summed E-state index contributed by atoms with van der Waals surface area (Å²) in [4.78, 5) is 12.2. The number of rotatable bonds is 9. The molecule has 0 N–H and O–H groups in total. The first kappa shape index (κ1) is 33.1. The van der Waals surface area contributed by atoms with Crippen LogP contribution in [0.2, 0.25) is 36.3 Å². The third-order valence-corrected chi connectivity index (χ3v) is 18.6. The Bertz CT molecular complexity index is 1070. The van der Waals surface area contributed by atoms with Gasteiger partial charge in [0.25, 0.3) is 0 Å². The van der Waals surface area contributed by atoms with Gasteiger partial charge in [-0.15, -0.1) is 0 Å². The summed E-state index contributed by atoms with van der Waals surface area (Å²) in [6, 6.07) is 5.56. The zero-order valence-corrected chi connectivity index (χ0v) is 27.9. The Kier molecular flexibility index (Phi) is 9.67. The number of fused-ring (bicyclic) bond motifs is 1. The van der Waals surface area contributed by atoms with Crippen LogP contribution in [-0.2, 0) is 31.0 Å². The van der Waals surface area contributed by atoms with Crippen molar-refractivity contribution in [2.75, 3.05) is 0 Å². The number of alkyl halides is 3. The monoisotopic (exact) mass is 598 g/mol. The number of carbonyl (C=O) groups is 1. The van der Waals surface area contributed by atoms with Crippen molar-refractivity contribution in [3.8, 4) is 0 Å². The summed E-state index contributed by atoms with van der Waals surface area (Å²) in [5.74, 6) is -0.0713. The molecule has 9 heteroatoms. The lowest BCUT2D eigenvalue weighted by atomic mass is 9.91. The van der Waals surface area contributed by atoms with Crippen molar-refractivity contribution in [3.05, 3.63) is 47.5 Å². The van der Waals surface area contributed by atoms with Gasteiger partial charge in [0.15, 0.2) is 16.6 Å². The highest BCUT2D eigenvalue weighted by atomic mass is 28.4. The van der Waals surface area contributed by atoms with E-state index in [1.165, 1.54) is 12.1 Å². The fraction of sp³-hybridized carbons (Fsp3) is 0.710. The summed E-state index contributed by atoms with van der Waals surface area (Å²) < 4.78 is 59.2. The van der Waals surface area contributed by atoms with Gasteiger partial charge in [0, 0.05) is 18.3 Å². The highest BCUT2D eigenvalue weighted by Gasteiger charge is 2.52. The molecule has 2 fully saturated rings. The number of benzene rings is 1. The van der Waals surface area contributed by atoms with Crippen molar-refractivity contribution < 1.29 is 31.6 Å². The molecule has 5 atom stereocenters. The van der Waals surface area contributed by atoms with E-state index in [2.05, 4.69) is 79.9 Å². The molecule has 1 heterocycles. The normalized spacial score (nSPS) is 25.4. The second-order valence-electron chi connectivity index (χ2n) is 14.7. The van der Waals surface area contributed by atoms with Gasteiger partial charge in [-0.1, -0.05) is 71.9 Å². The summed E-state index contributed by atoms with van der Waals surface area (Å²) in [7, 11) is -4.24. The molecule has 2 aliphatic rings. The summed E-state index contributed by atoms with van der Waals surface area (Å²) in [6.07, 6.45) is 1.54. The van der Waals surface area contributed by atoms with E-state index < -0.39 is 28.4 Å². The Labute approximate surface area is 241 Å². The smallest absolute Gasteiger partial charge is 0.416 e. The van der Waals surface area contributed by atoms with Gasteiger partial charge in [0.05, 0.1) is 24.2 Å². The minimum Gasteiger partial charge on any atom is -0.462 e. The molecule has 40 heavy (non-hydrogen) atoms. The largest absolute Gasteiger partial charge is 0.462 e. The van der Waals surface area contributed by atoms with Gasteiger partial charge >= 0.3 is 12.1 Å². The molecule has 1 aliphatic heterocycles. The third kappa shape index (κ3) is 7.89. The molecule has 0 amide bonds. The standard InChI is InChI=1S/C31H49F3O4Si2/c1-29(2,3)39(7,8)37-23(15-14-21-12-11-13-22(18-21)31(32,33)34)16-17-24-25-19-28(35)36-26(25)20-27(24)38-40(9,10)30(4,5)6/h11-13,16-18,23-27H,14-15,19-20H2,1-10H3/b17-16+/t23-,24+,25+,26-,27+/m0/s1. The van der Waals surface area contributed by atoms with Crippen LogP contribution in [0.1, 0.15) is 71.9 Å². The van der Waals surface area contributed by atoms with Crippen LogP contribution in [0.25, 0.3) is 0 Å². The van der Waals surface area contributed by atoms with Gasteiger partial charge < -0.3 is 13.6 Å². The van der Waals surface area contributed by atoms with Crippen LogP contribution in [-0.4, -0.2) is 40.9 Å². The first-order valence-corrected chi connectivity index (χ1v) is 20.3. The summed E-state index contributed by atoms with van der Waals surface area (Å²) >= 11 is 0. The Morgan fingerprint density at radius 1 is 1.02 bits per heavy atom. The Morgan fingerprint density at radius 2 is 1.65 bits per heavy atom. The average molecular weight is 599 g/mol. The van der Waals surface area contributed by atoms with Gasteiger partial charge in [-0.25, -0.2) is 0 Å². The van der Waals surface area contributed by atoms with Crippen molar-refractivity contribution in [2.45, 2.75) is 128 Å². The molecule has 1 saturated heterocycles. The second-order valence-corrected chi connectivity index (χ2v) is 24.2. The van der Waals surface area contributed by atoms with E-state index in [4.69, 9.17) is 13.6 Å². The molecule has 1 saturated carbocycles. The predicted molar refractivity (Wildman–Crippen MR) is 159 cm³/mol. The van der Waals surface area contributed by atoms with Gasteiger partial charge in [-0.05, 0) is 60.7 Å². The maximum atomic E-state index is 13.3. The molecular weight excluding hydrogens is 550 g/mol. The number of hydrogen-bond acceptors (Lipinski definition) is 4. The average Bonchev–Trinajstić information content (AvgIpc) is 3.28. The van der Waals surface area contributed by atoms with Crippen molar-refractivity contribution in [1.29, 1.82) is 0 Å². The quantitative estimate of drug-likeness (QED) is 0.162. The Balaban J connectivity index is 1.87. The van der Waals surface area contributed by atoms with E-state index >= 15 is 0 Å². The minimum absolute atomic E-state index is 0.0182. The maximum Gasteiger partial charge on any atom is 0.416 e. The van der Waals surface area contributed by atoms with Gasteiger partial charge in [-0.3, -0.25) is 4.79 Å². The van der Waals surface area contributed by atoms with E-state index in [1.807, 2.05) is 0 Å². The minimum atomic E-state index is -4.37. The SMILES string of the molecule is CC(C)(C)[Si](C)(C)O[C@H](/C=C/[C@@H]1[C@H]2CC(=O)O[C@H]2C[C@H]1O[Si](C)(C)C(C)(C)C)CCc1cccc(C(F)(F)F)c1. The highest BCUT2D eigenvalue weighted by molar-refractivity contribution is 6.74. The first-order valence-electron chi connectivity index (χ1n) is 14.5. The van der Waals surface area contributed by atoms with Crippen LogP contribution >= 0.6 is 0 Å². The fourth-order valence-corrected chi connectivity index (χ4v) is 7.73. The number of halogens is 3. The maximum absolute atomic E-state index is 13.3. The van der Waals surface area contributed by atoms with E-state index in [1.54, 1.807) is 6.07 Å². The molecule has 3 rings (SSSR count). The van der Waals surface area contributed by atoms with Crippen LogP contribution in [0.4, 0.5) is 13.2 Å². The van der Waals surface area contributed by atoms with Crippen LogP contribution in [0.3, 0.4) is 0 Å². The predicted octanol–water partition coefficient (Wildman–Crippen LogP) is 8.93. The Hall–Kier alpha value is -1.43. The lowest BCUT2D eigenvalue weighted by molar-refractivity contribution is -0.142. The summed E-state index contributed by atoms with van der Waals surface area (Å²) in [5.41, 5.74) is 0.0119. The van der Waals surface area contributed by atoms with Crippen molar-refractivity contribution >= 4 is 22.6 Å². The molecule has 0 spiro atoms. The molecule has 0 radical (unpaired) electrons. The zero-order valence-electron chi connectivity index (χ0n) is 25.9. The van der Waals surface area contributed by atoms with E-state index in [0.29, 0.717) is 31.2 Å². The van der Waals surface area contributed by atoms with Gasteiger partial charge in [0.2, 0.25) is 0 Å². The van der Waals surface area contributed by atoms with Crippen LogP contribution in [0, 0.1) is 11.8 Å². The summed E-state index contributed by atoms with van der Waals surface area (Å²) in [5, 5.41) is 0.0298. The first-order chi connectivity index (χ1) is 18.1. The Morgan fingerprint density at radius 3 is 2.23 bits per heavy atom. The van der Waals surface area contributed by atoms with Gasteiger partial charge in [0.1, 0.15) is 6.10 Å². The van der Waals surface area contributed by atoms with Crippen molar-refractivity contribution in [3.63, 3.8) is 0 Å². The number of ether oxygens (including phenoxy) is 1.